The number of hydrogen-bond donors (Lipinski definition) is 1. The minimum absolute atomic E-state index is 0.207. The van der Waals surface area contributed by atoms with Gasteiger partial charge in [0.2, 0.25) is 0 Å². The lowest BCUT2D eigenvalue weighted by atomic mass is 10.1. The monoisotopic (exact) mass is 347 g/mol. The normalized spacial score (nSPS) is 10.7. The third-order valence-corrected chi connectivity index (χ3v) is 4.43. The van der Waals surface area contributed by atoms with E-state index in [9.17, 15) is 4.79 Å². The van der Waals surface area contributed by atoms with Crippen LogP contribution in [0.2, 0.25) is 0 Å². The van der Waals surface area contributed by atoms with E-state index in [1.165, 1.54) is 11.3 Å². The SMILES string of the molecule is Cc1csc(-c2nc(-c3ccccc3)c(Br)c(=O)[nH]2)n1. The van der Waals surface area contributed by atoms with Gasteiger partial charge in [-0.15, -0.1) is 11.3 Å². The van der Waals surface area contributed by atoms with Gasteiger partial charge in [0.1, 0.15) is 4.47 Å². The number of hydrogen-bond acceptors (Lipinski definition) is 4. The van der Waals surface area contributed by atoms with Gasteiger partial charge in [0.25, 0.3) is 5.56 Å². The standard InChI is InChI=1S/C14H10BrN3OS/c1-8-7-20-14(16-8)12-17-11(10(15)13(19)18-12)9-5-3-2-4-6-9/h2-7H,1H3,(H,17,18,19). The van der Waals surface area contributed by atoms with E-state index in [1.54, 1.807) is 0 Å². The summed E-state index contributed by atoms with van der Waals surface area (Å²) in [6, 6.07) is 9.60. The topological polar surface area (TPSA) is 58.6 Å². The molecule has 0 saturated heterocycles. The maximum absolute atomic E-state index is 12.0. The van der Waals surface area contributed by atoms with Crippen molar-refractivity contribution >= 4 is 27.3 Å². The average molecular weight is 348 g/mol. The van der Waals surface area contributed by atoms with E-state index in [-0.39, 0.29) is 5.56 Å². The summed E-state index contributed by atoms with van der Waals surface area (Å²) >= 11 is 4.77. The molecule has 6 heteroatoms. The van der Waals surface area contributed by atoms with E-state index in [2.05, 4.69) is 30.9 Å². The smallest absolute Gasteiger partial charge is 0.266 e. The third-order valence-electron chi connectivity index (χ3n) is 2.73. The summed E-state index contributed by atoms with van der Waals surface area (Å²) < 4.78 is 0.431. The van der Waals surface area contributed by atoms with Gasteiger partial charge in [0.15, 0.2) is 10.8 Å². The number of aromatic amines is 1. The van der Waals surface area contributed by atoms with E-state index in [0.717, 1.165) is 11.3 Å². The van der Waals surface area contributed by atoms with Crippen molar-refractivity contribution in [3.63, 3.8) is 0 Å². The fraction of sp³-hybridized carbons (Fsp3) is 0.0714. The highest BCUT2D eigenvalue weighted by molar-refractivity contribution is 9.10. The predicted octanol–water partition coefficient (Wildman–Crippen LogP) is 3.63. The van der Waals surface area contributed by atoms with E-state index >= 15 is 0 Å². The molecule has 3 aromatic rings. The van der Waals surface area contributed by atoms with Crippen molar-refractivity contribution in [3.05, 3.63) is 56.2 Å². The van der Waals surface area contributed by atoms with Crippen molar-refractivity contribution in [1.29, 1.82) is 0 Å². The first-order chi connectivity index (χ1) is 9.65. The Labute approximate surface area is 127 Å². The molecule has 0 aliphatic carbocycles. The molecule has 20 heavy (non-hydrogen) atoms. The van der Waals surface area contributed by atoms with Gasteiger partial charge in [-0.1, -0.05) is 30.3 Å². The second-order valence-corrected chi connectivity index (χ2v) is 5.89. The van der Waals surface area contributed by atoms with Crippen LogP contribution in [0.15, 0.2) is 45.0 Å². The highest BCUT2D eigenvalue weighted by Crippen LogP contribution is 2.26. The molecule has 0 atom stereocenters. The molecule has 4 nitrogen and oxygen atoms in total. The Morgan fingerprint density at radius 3 is 2.60 bits per heavy atom. The largest absolute Gasteiger partial charge is 0.303 e. The lowest BCUT2D eigenvalue weighted by Gasteiger charge is -2.05. The summed E-state index contributed by atoms with van der Waals surface area (Å²) in [5.74, 6) is 0.496. The van der Waals surface area contributed by atoms with E-state index in [1.807, 2.05) is 42.6 Å². The van der Waals surface area contributed by atoms with Crippen LogP contribution in [-0.2, 0) is 0 Å². The van der Waals surface area contributed by atoms with Crippen LogP contribution < -0.4 is 5.56 Å². The van der Waals surface area contributed by atoms with Gasteiger partial charge < -0.3 is 4.98 Å². The van der Waals surface area contributed by atoms with Crippen molar-refractivity contribution < 1.29 is 0 Å². The van der Waals surface area contributed by atoms with Gasteiger partial charge in [-0.3, -0.25) is 4.79 Å². The van der Waals surface area contributed by atoms with Crippen molar-refractivity contribution in [3.8, 4) is 22.1 Å². The quantitative estimate of drug-likeness (QED) is 0.769. The van der Waals surface area contributed by atoms with Gasteiger partial charge >= 0.3 is 0 Å². The van der Waals surface area contributed by atoms with Crippen molar-refractivity contribution in [1.82, 2.24) is 15.0 Å². The molecule has 0 aliphatic heterocycles. The number of aryl methyl sites for hydroxylation is 1. The Kier molecular flexibility index (Phi) is 3.50. The zero-order valence-corrected chi connectivity index (χ0v) is 13.0. The van der Waals surface area contributed by atoms with Crippen molar-refractivity contribution in [2.45, 2.75) is 6.92 Å². The van der Waals surface area contributed by atoms with Gasteiger partial charge in [-0.25, -0.2) is 9.97 Å². The molecule has 2 aromatic heterocycles. The molecule has 0 saturated carbocycles. The van der Waals surface area contributed by atoms with Crippen LogP contribution in [0.25, 0.3) is 22.1 Å². The lowest BCUT2D eigenvalue weighted by Crippen LogP contribution is -2.11. The molecule has 2 heterocycles. The molecule has 100 valence electrons. The summed E-state index contributed by atoms with van der Waals surface area (Å²) in [6.07, 6.45) is 0. The minimum Gasteiger partial charge on any atom is -0.303 e. The summed E-state index contributed by atoms with van der Waals surface area (Å²) in [5, 5.41) is 2.64. The van der Waals surface area contributed by atoms with E-state index in [4.69, 9.17) is 0 Å². The van der Waals surface area contributed by atoms with Crippen LogP contribution in [0.3, 0.4) is 0 Å². The molecule has 0 spiro atoms. The summed E-state index contributed by atoms with van der Waals surface area (Å²) in [4.78, 5) is 23.7. The fourth-order valence-electron chi connectivity index (χ4n) is 1.81. The van der Waals surface area contributed by atoms with E-state index in [0.29, 0.717) is 21.0 Å². The molecular weight excluding hydrogens is 338 g/mol. The third kappa shape index (κ3) is 2.44. The van der Waals surface area contributed by atoms with Gasteiger partial charge in [0, 0.05) is 16.6 Å². The van der Waals surface area contributed by atoms with Crippen LogP contribution in [0.4, 0.5) is 0 Å². The van der Waals surface area contributed by atoms with Crippen LogP contribution in [0.1, 0.15) is 5.69 Å². The molecule has 0 radical (unpaired) electrons. The Morgan fingerprint density at radius 1 is 1.20 bits per heavy atom. The average Bonchev–Trinajstić information content (AvgIpc) is 2.89. The number of benzene rings is 1. The molecular formula is C14H10BrN3OS. The highest BCUT2D eigenvalue weighted by Gasteiger charge is 2.13. The van der Waals surface area contributed by atoms with Gasteiger partial charge in [0.05, 0.1) is 5.69 Å². The van der Waals surface area contributed by atoms with Gasteiger partial charge in [-0.2, -0.15) is 0 Å². The van der Waals surface area contributed by atoms with Crippen LogP contribution in [0.5, 0.6) is 0 Å². The Balaban J connectivity index is 2.21. The zero-order valence-electron chi connectivity index (χ0n) is 10.6. The second kappa shape index (κ2) is 5.30. The maximum Gasteiger partial charge on any atom is 0.266 e. The van der Waals surface area contributed by atoms with Crippen LogP contribution in [-0.4, -0.2) is 15.0 Å². The Hall–Kier alpha value is -1.79. The first-order valence-electron chi connectivity index (χ1n) is 5.93. The molecule has 0 amide bonds. The first-order valence-corrected chi connectivity index (χ1v) is 7.60. The maximum atomic E-state index is 12.0. The second-order valence-electron chi connectivity index (χ2n) is 4.24. The number of aromatic nitrogens is 3. The number of halogens is 1. The summed E-state index contributed by atoms with van der Waals surface area (Å²) in [7, 11) is 0. The molecule has 1 N–H and O–H groups in total. The number of rotatable bonds is 2. The van der Waals surface area contributed by atoms with Crippen LogP contribution in [0, 0.1) is 6.92 Å². The molecule has 1 aromatic carbocycles. The Bertz CT molecular complexity index is 811. The summed E-state index contributed by atoms with van der Waals surface area (Å²) in [5.41, 5.74) is 2.22. The summed E-state index contributed by atoms with van der Waals surface area (Å²) in [6.45, 7) is 1.91. The van der Waals surface area contributed by atoms with Gasteiger partial charge in [-0.05, 0) is 22.9 Å². The number of nitrogens with one attached hydrogen (secondary N) is 1. The number of nitrogens with zero attached hydrogens (tertiary/aromatic N) is 2. The molecule has 0 aliphatic rings. The first kappa shape index (κ1) is 13.2. The molecule has 3 rings (SSSR count). The number of thiazole rings is 1. The molecule has 0 bridgehead atoms. The zero-order chi connectivity index (χ0) is 14.1. The molecule has 0 unspecified atom stereocenters. The minimum atomic E-state index is -0.207. The Morgan fingerprint density at radius 2 is 1.95 bits per heavy atom. The van der Waals surface area contributed by atoms with Crippen molar-refractivity contribution in [2.75, 3.05) is 0 Å². The lowest BCUT2D eigenvalue weighted by molar-refractivity contribution is 1.10. The molecule has 0 fully saturated rings. The highest BCUT2D eigenvalue weighted by atomic mass is 79.9. The van der Waals surface area contributed by atoms with Crippen molar-refractivity contribution in [2.24, 2.45) is 0 Å². The fourth-order valence-corrected chi connectivity index (χ4v) is 2.97. The predicted molar refractivity (Wildman–Crippen MR) is 83.8 cm³/mol. The number of H-pyrrole nitrogens is 1. The van der Waals surface area contributed by atoms with E-state index < -0.39 is 0 Å². The van der Waals surface area contributed by atoms with Crippen LogP contribution >= 0.6 is 27.3 Å².